The molecule has 1 N–H and O–H groups in total. The number of nitrogens with one attached hydrogen (secondary N) is 1. The molecule has 0 saturated heterocycles. The Labute approximate surface area is 141 Å². The number of amides is 1. The van der Waals surface area contributed by atoms with Gasteiger partial charge in [-0.2, -0.15) is 0 Å². The summed E-state index contributed by atoms with van der Waals surface area (Å²) in [5.41, 5.74) is -0.247. The van der Waals surface area contributed by atoms with Crippen molar-refractivity contribution in [1.82, 2.24) is 14.5 Å². The smallest absolute Gasteiger partial charge is 0.332 e. The molecule has 1 atom stereocenters. The van der Waals surface area contributed by atoms with Crippen molar-refractivity contribution in [3.8, 4) is 0 Å². The molecule has 1 heterocycles. The molecule has 2 rings (SSSR count). The van der Waals surface area contributed by atoms with Gasteiger partial charge in [0, 0.05) is 13.1 Å². The Hall–Kier alpha value is -2.37. The van der Waals surface area contributed by atoms with Gasteiger partial charge < -0.3 is 5.32 Å². The van der Waals surface area contributed by atoms with E-state index in [9.17, 15) is 14.4 Å². The van der Waals surface area contributed by atoms with Crippen LogP contribution in [0.25, 0.3) is 10.9 Å². The lowest BCUT2D eigenvalue weighted by atomic mass is 10.1. The predicted molar refractivity (Wildman–Crippen MR) is 95.3 cm³/mol. The minimum Gasteiger partial charge on any atom is -0.354 e. The normalized spacial score (nSPS) is 12.5. The first-order valence-corrected chi connectivity index (χ1v) is 8.44. The van der Waals surface area contributed by atoms with Gasteiger partial charge in [0.2, 0.25) is 5.91 Å². The maximum absolute atomic E-state index is 12.8. The van der Waals surface area contributed by atoms with Crippen LogP contribution in [0, 0.1) is 5.92 Å². The van der Waals surface area contributed by atoms with Crippen molar-refractivity contribution < 1.29 is 4.79 Å². The monoisotopic (exact) mass is 331 g/mol. The quantitative estimate of drug-likeness (QED) is 0.879. The number of rotatable bonds is 6. The van der Waals surface area contributed by atoms with Crippen molar-refractivity contribution >= 4 is 16.8 Å². The van der Waals surface area contributed by atoms with Crippen LogP contribution in [-0.2, 0) is 11.3 Å². The van der Waals surface area contributed by atoms with Crippen molar-refractivity contribution in [2.24, 2.45) is 5.92 Å². The minimum absolute atomic E-state index is 0.195. The summed E-state index contributed by atoms with van der Waals surface area (Å²) in [5, 5.41) is 3.34. The Kier molecular flexibility index (Phi) is 5.59. The zero-order valence-corrected chi connectivity index (χ0v) is 14.7. The van der Waals surface area contributed by atoms with Gasteiger partial charge in [0.25, 0.3) is 5.56 Å². The molecule has 0 aliphatic carbocycles. The maximum atomic E-state index is 12.8. The number of hydrogen-bond donors (Lipinski definition) is 1. The molecule has 6 heteroatoms. The molecule has 0 bridgehead atoms. The Balaban J connectivity index is 2.67. The summed E-state index contributed by atoms with van der Waals surface area (Å²) in [7, 11) is 0. The van der Waals surface area contributed by atoms with E-state index >= 15 is 0 Å². The van der Waals surface area contributed by atoms with Gasteiger partial charge in [0.15, 0.2) is 0 Å². The highest BCUT2D eigenvalue weighted by Crippen LogP contribution is 2.16. The zero-order valence-electron chi connectivity index (χ0n) is 14.7. The second-order valence-electron chi connectivity index (χ2n) is 6.28. The number of carbonyl (C=O) groups excluding carboxylic acids is 1. The second kappa shape index (κ2) is 7.47. The summed E-state index contributed by atoms with van der Waals surface area (Å²) in [5.74, 6) is 0.129. The van der Waals surface area contributed by atoms with Crippen molar-refractivity contribution in [3.63, 3.8) is 0 Å². The number of hydrogen-bond acceptors (Lipinski definition) is 3. The van der Waals surface area contributed by atoms with E-state index in [1.54, 1.807) is 31.2 Å². The Morgan fingerprint density at radius 2 is 1.83 bits per heavy atom. The molecule has 130 valence electrons. The summed E-state index contributed by atoms with van der Waals surface area (Å²) >= 11 is 0. The van der Waals surface area contributed by atoms with Crippen LogP contribution in [0.4, 0.5) is 0 Å². The fourth-order valence-electron chi connectivity index (χ4n) is 2.82. The average molecular weight is 331 g/mol. The molecule has 0 aliphatic rings. The largest absolute Gasteiger partial charge is 0.354 e. The SMILES string of the molecule is CCC(C(=O)NCC(C)C)n1c(=O)n(CC)c(=O)c2ccccc21. The third-order valence-electron chi connectivity index (χ3n) is 4.08. The van der Waals surface area contributed by atoms with E-state index in [0.717, 1.165) is 0 Å². The van der Waals surface area contributed by atoms with Crippen LogP contribution in [-0.4, -0.2) is 21.6 Å². The molecule has 1 aromatic carbocycles. The van der Waals surface area contributed by atoms with Crippen LogP contribution in [0.5, 0.6) is 0 Å². The fraction of sp³-hybridized carbons (Fsp3) is 0.500. The molecule has 1 unspecified atom stereocenters. The van der Waals surface area contributed by atoms with E-state index < -0.39 is 11.7 Å². The highest BCUT2D eigenvalue weighted by atomic mass is 16.2. The molecule has 1 aromatic heterocycles. The standard InChI is InChI=1S/C18H25N3O3/c1-5-14(16(22)19-11-12(3)4)21-15-10-8-7-9-13(15)17(23)20(6-2)18(21)24/h7-10,12,14H,5-6,11H2,1-4H3,(H,19,22). The summed E-state index contributed by atoms with van der Waals surface area (Å²) < 4.78 is 2.64. The first-order valence-electron chi connectivity index (χ1n) is 8.44. The van der Waals surface area contributed by atoms with E-state index in [-0.39, 0.29) is 18.0 Å². The molecule has 1 amide bonds. The number of benzene rings is 1. The molecule has 2 aromatic rings. The van der Waals surface area contributed by atoms with Crippen LogP contribution in [0.15, 0.2) is 33.9 Å². The first-order chi connectivity index (χ1) is 11.4. The average Bonchev–Trinajstić information content (AvgIpc) is 2.57. The number of nitrogens with zero attached hydrogens (tertiary/aromatic N) is 2. The van der Waals surface area contributed by atoms with Crippen LogP contribution in [0.2, 0.25) is 0 Å². The highest BCUT2D eigenvalue weighted by molar-refractivity contribution is 5.84. The van der Waals surface area contributed by atoms with E-state index in [4.69, 9.17) is 0 Å². The number of carbonyl (C=O) groups is 1. The van der Waals surface area contributed by atoms with Crippen LogP contribution < -0.4 is 16.6 Å². The molecule has 0 aliphatic heterocycles. The second-order valence-corrected chi connectivity index (χ2v) is 6.28. The molecule has 6 nitrogen and oxygen atoms in total. The first kappa shape index (κ1) is 18.0. The lowest BCUT2D eigenvalue weighted by Crippen LogP contribution is -2.45. The van der Waals surface area contributed by atoms with Gasteiger partial charge in [-0.15, -0.1) is 0 Å². The summed E-state index contributed by atoms with van der Waals surface area (Å²) in [6, 6.07) is 6.31. The molecule has 24 heavy (non-hydrogen) atoms. The van der Waals surface area contributed by atoms with Gasteiger partial charge in [-0.25, -0.2) is 4.79 Å². The van der Waals surface area contributed by atoms with Crippen molar-refractivity contribution in [2.45, 2.75) is 46.7 Å². The Bertz CT molecular complexity index is 849. The summed E-state index contributed by atoms with van der Waals surface area (Å²) in [4.78, 5) is 37.9. The predicted octanol–water partition coefficient (Wildman–Crippen LogP) is 1.91. The van der Waals surface area contributed by atoms with Gasteiger partial charge in [-0.3, -0.25) is 18.7 Å². The van der Waals surface area contributed by atoms with Crippen LogP contribution in [0.1, 0.15) is 40.2 Å². The van der Waals surface area contributed by atoms with Gasteiger partial charge in [0.1, 0.15) is 6.04 Å². The molecule has 0 fully saturated rings. The lowest BCUT2D eigenvalue weighted by Gasteiger charge is -2.21. The zero-order chi connectivity index (χ0) is 17.9. The molecular formula is C18H25N3O3. The number of para-hydroxylation sites is 1. The maximum Gasteiger partial charge on any atom is 0.332 e. The molecule has 0 radical (unpaired) electrons. The summed E-state index contributed by atoms with van der Waals surface area (Å²) in [6.45, 7) is 8.46. The van der Waals surface area contributed by atoms with Crippen molar-refractivity contribution in [3.05, 3.63) is 45.1 Å². The fourth-order valence-corrected chi connectivity index (χ4v) is 2.82. The Morgan fingerprint density at radius 3 is 2.42 bits per heavy atom. The van der Waals surface area contributed by atoms with Crippen molar-refractivity contribution in [2.75, 3.05) is 6.54 Å². The number of aromatic nitrogens is 2. The van der Waals surface area contributed by atoms with E-state index in [1.165, 1.54) is 9.13 Å². The topological polar surface area (TPSA) is 73.1 Å². The minimum atomic E-state index is -0.639. The highest BCUT2D eigenvalue weighted by Gasteiger charge is 2.24. The van der Waals surface area contributed by atoms with E-state index in [1.807, 2.05) is 20.8 Å². The third-order valence-corrected chi connectivity index (χ3v) is 4.08. The van der Waals surface area contributed by atoms with Gasteiger partial charge in [0.05, 0.1) is 10.9 Å². The van der Waals surface area contributed by atoms with E-state index in [2.05, 4.69) is 5.32 Å². The third kappa shape index (κ3) is 3.27. The van der Waals surface area contributed by atoms with Crippen molar-refractivity contribution in [1.29, 1.82) is 0 Å². The summed E-state index contributed by atoms with van der Waals surface area (Å²) in [6.07, 6.45) is 0.468. The molecule has 0 spiro atoms. The van der Waals surface area contributed by atoms with E-state index in [0.29, 0.717) is 29.8 Å². The Morgan fingerprint density at radius 1 is 1.17 bits per heavy atom. The van der Waals surface area contributed by atoms with Crippen LogP contribution >= 0.6 is 0 Å². The van der Waals surface area contributed by atoms with Gasteiger partial charge in [-0.05, 0) is 31.4 Å². The van der Waals surface area contributed by atoms with Gasteiger partial charge in [-0.1, -0.05) is 32.9 Å². The van der Waals surface area contributed by atoms with Gasteiger partial charge >= 0.3 is 5.69 Å². The molecular weight excluding hydrogens is 306 g/mol. The lowest BCUT2D eigenvalue weighted by molar-refractivity contribution is -0.124. The number of fused-ring (bicyclic) bond motifs is 1. The van der Waals surface area contributed by atoms with Crippen LogP contribution in [0.3, 0.4) is 0 Å². The molecule has 0 saturated carbocycles.